The average Bonchev–Trinajstić information content (AvgIpc) is 3.49. The number of nitrogens with one attached hydrogen (secondary N) is 2. The van der Waals surface area contributed by atoms with Gasteiger partial charge in [-0.25, -0.2) is 8.42 Å². The normalized spacial score (nSPS) is 19.6. The zero-order valence-electron chi connectivity index (χ0n) is 17.6. The molecule has 170 valence electrons. The second-order valence-electron chi connectivity index (χ2n) is 7.98. The molecule has 0 aromatic heterocycles. The molecule has 0 unspecified atom stereocenters. The largest absolute Gasteiger partial charge is 0.480 e. The van der Waals surface area contributed by atoms with Crippen LogP contribution >= 0.6 is 11.6 Å². The molecular formula is C24H21ClN2O5S. The highest BCUT2D eigenvalue weighted by Gasteiger charge is 2.63. The molecule has 0 aliphatic heterocycles. The summed E-state index contributed by atoms with van der Waals surface area (Å²) in [5, 5.41) is 13.1. The van der Waals surface area contributed by atoms with E-state index in [0.29, 0.717) is 16.3 Å². The molecule has 1 aliphatic rings. The lowest BCUT2D eigenvalue weighted by atomic mass is 10.1. The van der Waals surface area contributed by atoms with Gasteiger partial charge in [0.25, 0.3) is 0 Å². The van der Waals surface area contributed by atoms with Gasteiger partial charge in [-0.1, -0.05) is 48.0 Å². The van der Waals surface area contributed by atoms with Gasteiger partial charge in [-0.15, -0.1) is 0 Å². The van der Waals surface area contributed by atoms with Crippen molar-refractivity contribution in [2.45, 2.75) is 29.7 Å². The van der Waals surface area contributed by atoms with E-state index >= 15 is 0 Å². The molecule has 3 aromatic rings. The van der Waals surface area contributed by atoms with Gasteiger partial charge < -0.3 is 10.4 Å². The van der Waals surface area contributed by atoms with E-state index < -0.39 is 27.4 Å². The number of anilines is 1. The van der Waals surface area contributed by atoms with Gasteiger partial charge in [-0.05, 0) is 59.5 Å². The van der Waals surface area contributed by atoms with Crippen LogP contribution in [0.3, 0.4) is 0 Å². The fraction of sp³-hybridized carbons (Fsp3) is 0.167. The minimum atomic E-state index is -4.10. The van der Waals surface area contributed by atoms with E-state index in [2.05, 4.69) is 10.0 Å². The monoisotopic (exact) mass is 484 g/mol. The van der Waals surface area contributed by atoms with E-state index in [1.54, 1.807) is 48.5 Å². The summed E-state index contributed by atoms with van der Waals surface area (Å²) < 4.78 is 28.5. The molecule has 0 heterocycles. The Morgan fingerprint density at radius 2 is 1.61 bits per heavy atom. The Morgan fingerprint density at radius 3 is 2.18 bits per heavy atom. The summed E-state index contributed by atoms with van der Waals surface area (Å²) in [7, 11) is -4.10. The van der Waals surface area contributed by atoms with Crippen molar-refractivity contribution in [3.8, 4) is 11.1 Å². The number of rotatable bonds is 7. The fourth-order valence-electron chi connectivity index (χ4n) is 3.86. The lowest BCUT2D eigenvalue weighted by Crippen LogP contribution is -2.44. The Hall–Kier alpha value is -3.20. The maximum atomic E-state index is 13.0. The third-order valence-corrected chi connectivity index (χ3v) is 7.39. The first-order valence-electron chi connectivity index (χ1n) is 10.1. The molecular weight excluding hydrogens is 464 g/mol. The first kappa shape index (κ1) is 23.0. The highest BCUT2D eigenvalue weighted by molar-refractivity contribution is 7.89. The summed E-state index contributed by atoms with van der Waals surface area (Å²) in [6.07, 6.45) is 0.105. The Bertz CT molecular complexity index is 1320. The van der Waals surface area contributed by atoms with Gasteiger partial charge in [-0.2, -0.15) is 4.72 Å². The number of hydrogen-bond acceptors (Lipinski definition) is 4. The number of amides is 1. The van der Waals surface area contributed by atoms with E-state index in [9.17, 15) is 23.1 Å². The van der Waals surface area contributed by atoms with Crippen LogP contribution in [0.5, 0.6) is 0 Å². The first-order valence-corrected chi connectivity index (χ1v) is 12.0. The van der Waals surface area contributed by atoms with Crippen LogP contribution in [0.2, 0.25) is 5.02 Å². The molecule has 0 radical (unpaired) electrons. The minimum Gasteiger partial charge on any atom is -0.480 e. The predicted octanol–water partition coefficient (Wildman–Crippen LogP) is 4.25. The molecule has 0 spiro atoms. The van der Waals surface area contributed by atoms with Crippen molar-refractivity contribution < 1.29 is 23.1 Å². The summed E-state index contributed by atoms with van der Waals surface area (Å²) in [4.78, 5) is 23.4. The van der Waals surface area contributed by atoms with Crippen LogP contribution in [0.4, 0.5) is 5.69 Å². The van der Waals surface area contributed by atoms with Gasteiger partial charge in [0.15, 0.2) is 0 Å². The van der Waals surface area contributed by atoms with Gasteiger partial charge in [0.1, 0.15) is 5.54 Å². The van der Waals surface area contributed by atoms with Crippen LogP contribution in [0.1, 0.15) is 24.8 Å². The van der Waals surface area contributed by atoms with Crippen LogP contribution in [-0.4, -0.2) is 30.9 Å². The SMILES string of the molecule is CC(=O)Nc1cccc([C@@H]2C[C@]2(NS(=O)(=O)c2ccc(-c3ccc(Cl)cc3)cc2)C(=O)O)c1. The maximum Gasteiger partial charge on any atom is 0.325 e. The third kappa shape index (κ3) is 4.78. The van der Waals surface area contributed by atoms with E-state index in [1.807, 2.05) is 12.1 Å². The molecule has 2 atom stereocenters. The van der Waals surface area contributed by atoms with Crippen LogP contribution < -0.4 is 10.0 Å². The number of carboxylic acid groups (broad SMARTS) is 1. The molecule has 3 aromatic carbocycles. The molecule has 1 amide bonds. The van der Waals surface area contributed by atoms with Gasteiger partial charge in [0.2, 0.25) is 15.9 Å². The van der Waals surface area contributed by atoms with Crippen LogP contribution in [0.25, 0.3) is 11.1 Å². The number of aliphatic carboxylic acids is 1. The lowest BCUT2D eigenvalue weighted by Gasteiger charge is -2.16. The number of sulfonamides is 1. The van der Waals surface area contributed by atoms with Crippen molar-refractivity contribution in [2.24, 2.45) is 0 Å². The van der Waals surface area contributed by atoms with Gasteiger partial charge in [-0.3, -0.25) is 9.59 Å². The van der Waals surface area contributed by atoms with E-state index in [-0.39, 0.29) is 17.2 Å². The second kappa shape index (κ2) is 8.62. The van der Waals surface area contributed by atoms with Crippen molar-refractivity contribution in [1.29, 1.82) is 0 Å². The highest BCUT2D eigenvalue weighted by atomic mass is 35.5. The van der Waals surface area contributed by atoms with Crippen molar-refractivity contribution >= 4 is 39.2 Å². The molecule has 0 bridgehead atoms. The molecule has 3 N–H and O–H groups in total. The van der Waals surface area contributed by atoms with E-state index in [0.717, 1.165) is 11.1 Å². The number of halogens is 1. The van der Waals surface area contributed by atoms with Gasteiger partial charge in [0, 0.05) is 23.6 Å². The molecule has 9 heteroatoms. The Balaban J connectivity index is 1.57. The number of carbonyl (C=O) groups excluding carboxylic acids is 1. The summed E-state index contributed by atoms with van der Waals surface area (Å²) in [6, 6.07) is 20.1. The summed E-state index contributed by atoms with van der Waals surface area (Å²) in [6.45, 7) is 1.37. The van der Waals surface area contributed by atoms with Crippen molar-refractivity contribution in [3.05, 3.63) is 83.4 Å². The maximum absolute atomic E-state index is 13.0. The first-order chi connectivity index (χ1) is 15.6. The van der Waals surface area contributed by atoms with Crippen molar-refractivity contribution in [2.75, 3.05) is 5.32 Å². The Morgan fingerprint density at radius 1 is 1.00 bits per heavy atom. The van der Waals surface area contributed by atoms with Crippen molar-refractivity contribution in [3.63, 3.8) is 0 Å². The van der Waals surface area contributed by atoms with Gasteiger partial charge in [0.05, 0.1) is 4.90 Å². The summed E-state index contributed by atoms with van der Waals surface area (Å²) in [5.41, 5.74) is 1.18. The van der Waals surface area contributed by atoms with Gasteiger partial charge >= 0.3 is 5.97 Å². The van der Waals surface area contributed by atoms with E-state index in [1.165, 1.54) is 19.1 Å². The topological polar surface area (TPSA) is 113 Å². The number of carboxylic acids is 1. The zero-order valence-corrected chi connectivity index (χ0v) is 19.2. The van der Waals surface area contributed by atoms with Crippen LogP contribution in [-0.2, 0) is 19.6 Å². The van der Waals surface area contributed by atoms with Crippen LogP contribution in [0, 0.1) is 0 Å². The molecule has 7 nitrogen and oxygen atoms in total. The molecule has 33 heavy (non-hydrogen) atoms. The highest BCUT2D eigenvalue weighted by Crippen LogP contribution is 2.52. The molecule has 1 saturated carbocycles. The smallest absolute Gasteiger partial charge is 0.325 e. The number of carbonyl (C=O) groups is 2. The molecule has 1 aliphatic carbocycles. The predicted molar refractivity (Wildman–Crippen MR) is 126 cm³/mol. The van der Waals surface area contributed by atoms with E-state index in [4.69, 9.17) is 11.6 Å². The standard InChI is InChI=1S/C24H21ClN2O5S/c1-15(28)26-20-4-2-3-18(13-20)22-14-24(22,23(29)30)27-33(31,32)21-11-7-17(8-12-21)16-5-9-19(25)10-6-16/h2-13,22,27H,14H2,1H3,(H,26,28)(H,29,30)/t22-,24+/m0/s1. The summed E-state index contributed by atoms with van der Waals surface area (Å²) in [5.74, 6) is -2.07. The number of benzene rings is 3. The molecule has 1 fully saturated rings. The Labute approximate surface area is 196 Å². The fourth-order valence-corrected chi connectivity index (χ4v) is 5.39. The van der Waals surface area contributed by atoms with Crippen molar-refractivity contribution in [1.82, 2.24) is 4.72 Å². The lowest BCUT2D eigenvalue weighted by molar-refractivity contribution is -0.140. The summed E-state index contributed by atoms with van der Waals surface area (Å²) >= 11 is 5.91. The molecule has 4 rings (SSSR count). The second-order valence-corrected chi connectivity index (χ2v) is 10.1. The number of hydrogen-bond donors (Lipinski definition) is 3. The Kier molecular flexibility index (Phi) is 6.00. The average molecular weight is 485 g/mol. The zero-order chi connectivity index (χ0) is 23.8. The van der Waals surface area contributed by atoms with Crippen LogP contribution in [0.15, 0.2) is 77.7 Å². The molecule has 0 saturated heterocycles. The quantitative estimate of drug-likeness (QED) is 0.464. The minimum absolute atomic E-state index is 0.0292. The third-order valence-electron chi connectivity index (χ3n) is 5.61.